The van der Waals surface area contributed by atoms with Gasteiger partial charge in [-0.25, -0.2) is 0 Å². The van der Waals surface area contributed by atoms with Crippen LogP contribution in [0.3, 0.4) is 0 Å². The highest BCUT2D eigenvalue weighted by atomic mass is 16.6. The first kappa shape index (κ1) is 12.7. The van der Waals surface area contributed by atoms with Crippen molar-refractivity contribution in [3.05, 3.63) is 35.9 Å². The molecule has 108 valence electrons. The van der Waals surface area contributed by atoms with E-state index in [-0.39, 0.29) is 0 Å². The van der Waals surface area contributed by atoms with Gasteiger partial charge in [0.2, 0.25) is 0 Å². The number of benzene rings is 1. The maximum atomic E-state index is 10.1. The van der Waals surface area contributed by atoms with Gasteiger partial charge >= 0.3 is 0 Å². The Labute approximate surface area is 116 Å². The molecule has 4 saturated heterocycles. The Hall–Kier alpha value is -1.06. The van der Waals surface area contributed by atoms with Gasteiger partial charge in [-0.2, -0.15) is 0 Å². The van der Waals surface area contributed by atoms with E-state index in [1.807, 2.05) is 18.2 Å². The van der Waals surface area contributed by atoms with Crippen molar-refractivity contribution in [1.29, 1.82) is 0 Å². The predicted molar refractivity (Wildman–Crippen MR) is 67.2 cm³/mol. The van der Waals surface area contributed by atoms with Gasteiger partial charge in [0.1, 0.15) is 26.2 Å². The molecule has 0 atom stereocenters. The summed E-state index contributed by atoms with van der Waals surface area (Å²) in [6, 6.07) is 10.2. The van der Waals surface area contributed by atoms with Crippen LogP contribution in [-0.4, -0.2) is 73.4 Å². The lowest BCUT2D eigenvalue weighted by Crippen LogP contribution is -2.86. The van der Waals surface area contributed by atoms with E-state index in [9.17, 15) is 15.6 Å². The van der Waals surface area contributed by atoms with Crippen molar-refractivity contribution < 1.29 is 20.1 Å². The van der Waals surface area contributed by atoms with Crippen molar-refractivity contribution in [2.75, 3.05) is 19.6 Å². The van der Waals surface area contributed by atoms with Crippen LogP contribution in [0.15, 0.2) is 30.3 Å². The molecule has 1 aromatic rings. The summed E-state index contributed by atoms with van der Waals surface area (Å²) in [4.78, 5) is 0. The highest BCUT2D eigenvalue weighted by molar-refractivity contribution is 5.13. The molecule has 20 heavy (non-hydrogen) atoms. The summed E-state index contributed by atoms with van der Waals surface area (Å²) in [5, 5.41) is 33.4. The van der Waals surface area contributed by atoms with E-state index in [2.05, 4.69) is 12.1 Å². The fraction of sp³-hybridized carbons (Fsp3) is 0.538. The Morgan fingerprint density at radius 3 is 1.75 bits per heavy atom. The summed E-state index contributed by atoms with van der Waals surface area (Å²) in [6.07, 6.45) is -1.33. The normalized spacial score (nSPS) is 41.5. The molecule has 3 N–H and O–H groups in total. The number of piperazine rings is 3. The van der Waals surface area contributed by atoms with Gasteiger partial charge in [0.15, 0.2) is 18.5 Å². The molecule has 7 heteroatoms. The lowest BCUT2D eigenvalue weighted by atomic mass is 10.0. The summed E-state index contributed by atoms with van der Waals surface area (Å²) in [5.41, 5.74) is 1.24. The second kappa shape index (κ2) is 4.22. The van der Waals surface area contributed by atoms with Gasteiger partial charge in [0.05, 0.1) is 0 Å². The van der Waals surface area contributed by atoms with Gasteiger partial charge in [-0.05, 0) is 0 Å². The van der Waals surface area contributed by atoms with E-state index in [4.69, 9.17) is 0 Å². The Morgan fingerprint density at radius 2 is 1.30 bits per heavy atom. The predicted octanol–water partition coefficient (Wildman–Crippen LogP) is 0.0961. The van der Waals surface area contributed by atoms with Crippen LogP contribution >= 0.6 is 0 Å². The molecule has 0 aromatic heterocycles. The van der Waals surface area contributed by atoms with Gasteiger partial charge in [0.25, 0.3) is 0 Å². The minimum absolute atomic E-state index is 0.445. The molecule has 0 aliphatic carbocycles. The fourth-order valence-corrected chi connectivity index (χ4v) is 3.89. The lowest BCUT2D eigenvalue weighted by molar-refractivity contribution is -0.980. The van der Waals surface area contributed by atoms with Crippen molar-refractivity contribution >= 4 is 0 Å². The van der Waals surface area contributed by atoms with Gasteiger partial charge in [-0.3, -0.25) is 0 Å². The third-order valence-electron chi connectivity index (χ3n) is 4.84. The molecule has 7 nitrogen and oxygen atoms in total. The quantitative estimate of drug-likeness (QED) is 0.667. The number of hydroxylamine groups is 6. The maximum absolute atomic E-state index is 10.1. The van der Waals surface area contributed by atoms with Gasteiger partial charge < -0.3 is 20.1 Å². The molecular formula is C13H19N4O3+. The Kier molecular flexibility index (Phi) is 2.67. The molecule has 4 fully saturated rings. The first-order chi connectivity index (χ1) is 9.60. The van der Waals surface area contributed by atoms with Crippen LogP contribution in [0.4, 0.5) is 0 Å². The summed E-state index contributed by atoms with van der Waals surface area (Å²) in [5.74, 6) is 0. The first-order valence-corrected chi connectivity index (χ1v) is 6.90. The zero-order valence-corrected chi connectivity index (χ0v) is 11.1. The number of hydrogen-bond donors (Lipinski definition) is 3. The number of nitrogens with zero attached hydrogens (tertiary/aromatic N) is 4. The highest BCUT2D eigenvalue weighted by Gasteiger charge is 2.62. The van der Waals surface area contributed by atoms with Crippen LogP contribution < -0.4 is 0 Å². The van der Waals surface area contributed by atoms with Gasteiger partial charge in [-0.1, -0.05) is 30.3 Å². The van der Waals surface area contributed by atoms with E-state index in [1.54, 1.807) is 0 Å². The second-order valence-electron chi connectivity index (χ2n) is 6.11. The Balaban J connectivity index is 1.65. The minimum Gasteiger partial charge on any atom is -0.312 e. The SMILES string of the molecule is ON1C2C[N+]3(Cc4ccccc4)CC1N(O)C(C3)N2O. The average molecular weight is 279 g/mol. The molecule has 4 heterocycles. The van der Waals surface area contributed by atoms with Crippen LogP contribution in [0.1, 0.15) is 5.56 Å². The number of hydrogen-bond acceptors (Lipinski definition) is 6. The third kappa shape index (κ3) is 1.66. The van der Waals surface area contributed by atoms with Gasteiger partial charge in [-0.15, -0.1) is 15.2 Å². The molecule has 4 aliphatic heterocycles. The van der Waals surface area contributed by atoms with Crippen molar-refractivity contribution in [3.63, 3.8) is 0 Å². The van der Waals surface area contributed by atoms with E-state index < -0.39 is 18.5 Å². The Bertz CT molecular complexity index is 461. The number of quaternary nitrogens is 1. The molecule has 0 amide bonds. The minimum atomic E-state index is -0.445. The topological polar surface area (TPSA) is 70.4 Å². The highest BCUT2D eigenvalue weighted by Crippen LogP contribution is 2.38. The van der Waals surface area contributed by atoms with Crippen molar-refractivity contribution in [3.8, 4) is 0 Å². The second-order valence-corrected chi connectivity index (χ2v) is 6.11. The molecular weight excluding hydrogens is 260 g/mol. The maximum Gasteiger partial charge on any atom is 0.163 e. The smallest absolute Gasteiger partial charge is 0.163 e. The zero-order chi connectivity index (χ0) is 13.9. The summed E-state index contributed by atoms with van der Waals surface area (Å²) >= 11 is 0. The largest absolute Gasteiger partial charge is 0.312 e. The van der Waals surface area contributed by atoms with E-state index in [1.165, 1.54) is 5.56 Å². The standard InChI is InChI=1S/C13H19N4O3/c18-14-11-7-17(6-10-4-2-1-3-5-10)8-12(14)16(20)13(9-17)15(11)19/h1-5,11-13,18-20H,6-9H2/q+1. The average Bonchev–Trinajstić information content (AvgIpc) is 2.45. The van der Waals surface area contributed by atoms with E-state index >= 15 is 0 Å². The summed E-state index contributed by atoms with van der Waals surface area (Å²) in [6.45, 7) is 2.83. The molecule has 4 aliphatic rings. The molecule has 0 saturated carbocycles. The van der Waals surface area contributed by atoms with E-state index in [0.29, 0.717) is 19.6 Å². The summed E-state index contributed by atoms with van der Waals surface area (Å²) in [7, 11) is 0. The van der Waals surface area contributed by atoms with Gasteiger partial charge in [0, 0.05) is 5.56 Å². The van der Waals surface area contributed by atoms with Crippen LogP contribution in [0.25, 0.3) is 0 Å². The summed E-state index contributed by atoms with van der Waals surface area (Å²) < 4.78 is 0.787. The first-order valence-electron chi connectivity index (χ1n) is 6.90. The molecule has 1 aromatic carbocycles. The van der Waals surface area contributed by atoms with Crippen molar-refractivity contribution in [2.24, 2.45) is 0 Å². The zero-order valence-electron chi connectivity index (χ0n) is 11.1. The van der Waals surface area contributed by atoms with Crippen molar-refractivity contribution in [1.82, 2.24) is 15.2 Å². The Morgan fingerprint density at radius 1 is 0.850 bits per heavy atom. The molecule has 5 rings (SSSR count). The van der Waals surface area contributed by atoms with Crippen LogP contribution in [0.5, 0.6) is 0 Å². The van der Waals surface area contributed by atoms with Crippen LogP contribution in [0, 0.1) is 0 Å². The monoisotopic (exact) mass is 279 g/mol. The number of rotatable bonds is 2. The van der Waals surface area contributed by atoms with Crippen molar-refractivity contribution in [2.45, 2.75) is 25.0 Å². The molecule has 4 bridgehead atoms. The van der Waals surface area contributed by atoms with E-state index in [0.717, 1.165) is 26.2 Å². The molecule has 0 spiro atoms. The van der Waals surface area contributed by atoms with Crippen LogP contribution in [0.2, 0.25) is 0 Å². The fourth-order valence-electron chi connectivity index (χ4n) is 3.89. The molecule has 0 radical (unpaired) electrons. The molecule has 0 unspecified atom stereocenters. The van der Waals surface area contributed by atoms with Crippen LogP contribution in [-0.2, 0) is 6.54 Å². The third-order valence-corrected chi connectivity index (χ3v) is 4.84. The lowest BCUT2D eigenvalue weighted by Gasteiger charge is -2.64.